The molecule has 0 aromatic heterocycles. The van der Waals surface area contributed by atoms with Crippen molar-refractivity contribution < 1.29 is 19.2 Å². The number of hydrogen-bond acceptors (Lipinski definition) is 6. The van der Waals surface area contributed by atoms with Crippen molar-refractivity contribution in [2.45, 2.75) is 5.66 Å². The zero-order valence-electron chi connectivity index (χ0n) is 15.4. The highest BCUT2D eigenvalue weighted by Gasteiger charge is 2.23. The predicted octanol–water partition coefficient (Wildman–Crippen LogP) is 0.203. The minimum Gasteiger partial charge on any atom is -0.306 e. The van der Waals surface area contributed by atoms with Gasteiger partial charge < -0.3 is 11.5 Å². The molecule has 0 aliphatic carbocycles. The van der Waals surface area contributed by atoms with E-state index in [-0.39, 0.29) is 23.6 Å². The Hall–Kier alpha value is -3.88. The van der Waals surface area contributed by atoms with E-state index in [0.29, 0.717) is 0 Å². The first kappa shape index (κ1) is 21.4. The molecular weight excluding hydrogens is 372 g/mol. The van der Waals surface area contributed by atoms with Crippen molar-refractivity contribution in [1.82, 2.24) is 10.6 Å². The Kier molecular flexibility index (Phi) is 7.30. The number of rotatable bonds is 2. The molecule has 0 atom stereocenters. The number of carbonyl (C=O) groups is 4. The van der Waals surface area contributed by atoms with Crippen molar-refractivity contribution in [1.29, 1.82) is 0 Å². The molecule has 2 aromatic carbocycles. The highest BCUT2D eigenvalue weighted by molar-refractivity contribution is 6.13. The number of nitrogens with one attached hydrogen (secondary N) is 2. The molecule has 0 bridgehead atoms. The maximum atomic E-state index is 10.0. The lowest BCUT2D eigenvalue weighted by Crippen LogP contribution is -2.46. The number of benzene rings is 2. The normalized spacial score (nSPS) is 14.4. The van der Waals surface area contributed by atoms with Crippen molar-refractivity contribution in [3.8, 4) is 0 Å². The third-order valence-electron chi connectivity index (χ3n) is 3.77. The molecule has 4 rings (SSSR count). The molecule has 148 valence electrons. The Morgan fingerprint density at radius 1 is 0.517 bits per heavy atom. The maximum absolute atomic E-state index is 10.0. The average molecular weight is 392 g/mol. The van der Waals surface area contributed by atoms with Crippen LogP contribution < -0.4 is 22.1 Å². The van der Waals surface area contributed by atoms with E-state index >= 15 is 0 Å². The molecular formula is C21H20N4O4. The van der Waals surface area contributed by atoms with Crippen molar-refractivity contribution >= 4 is 23.6 Å². The summed E-state index contributed by atoms with van der Waals surface area (Å²) in [5.41, 5.74) is 13.2. The molecule has 0 radical (unpaired) electrons. The monoisotopic (exact) mass is 392 g/mol. The van der Waals surface area contributed by atoms with Gasteiger partial charge in [-0.2, -0.15) is 0 Å². The van der Waals surface area contributed by atoms with Crippen LogP contribution in [0.25, 0.3) is 0 Å². The smallest absolute Gasteiger partial charge is 0.250 e. The number of nitrogens with two attached hydrogens (primary N) is 2. The summed E-state index contributed by atoms with van der Waals surface area (Å²) in [5, 5.41) is 4.06. The lowest BCUT2D eigenvalue weighted by atomic mass is 9.93. The van der Waals surface area contributed by atoms with Gasteiger partial charge in [0.1, 0.15) is 5.66 Å². The van der Waals surface area contributed by atoms with E-state index in [1.807, 2.05) is 71.3 Å². The van der Waals surface area contributed by atoms with Crippen LogP contribution in [0.15, 0.2) is 85.0 Å². The molecule has 2 aromatic rings. The van der Waals surface area contributed by atoms with Gasteiger partial charge in [0.2, 0.25) is 0 Å². The first-order valence-corrected chi connectivity index (χ1v) is 8.54. The molecule has 0 fully saturated rings. The van der Waals surface area contributed by atoms with Crippen LogP contribution in [0.4, 0.5) is 0 Å². The first-order valence-electron chi connectivity index (χ1n) is 8.54. The Labute approximate surface area is 167 Å². The van der Waals surface area contributed by atoms with Gasteiger partial charge in [-0.15, -0.1) is 0 Å². The maximum Gasteiger partial charge on any atom is 0.250 e. The van der Waals surface area contributed by atoms with E-state index in [1.165, 1.54) is 24.3 Å². The third-order valence-corrected chi connectivity index (χ3v) is 3.77. The molecule has 4 amide bonds. The summed E-state index contributed by atoms with van der Waals surface area (Å²) < 4.78 is 0. The van der Waals surface area contributed by atoms with Crippen molar-refractivity contribution in [3.63, 3.8) is 0 Å². The second kappa shape index (κ2) is 9.88. The number of carbonyl (C=O) groups excluding carboxylic acids is 4. The van der Waals surface area contributed by atoms with Gasteiger partial charge in [0, 0.05) is 24.3 Å². The molecule has 29 heavy (non-hydrogen) atoms. The third kappa shape index (κ3) is 6.65. The van der Waals surface area contributed by atoms with Gasteiger partial charge in [-0.05, 0) is 11.1 Å². The van der Waals surface area contributed by atoms with E-state index in [9.17, 15) is 19.2 Å². The fraction of sp³-hybridized carbons (Fsp3) is 0.0476. The summed E-state index contributed by atoms with van der Waals surface area (Å²) in [4.78, 5) is 40.1. The molecule has 0 saturated heterocycles. The van der Waals surface area contributed by atoms with Crippen molar-refractivity contribution in [3.05, 3.63) is 96.1 Å². The van der Waals surface area contributed by atoms with Gasteiger partial charge >= 0.3 is 0 Å². The van der Waals surface area contributed by atoms with Crippen LogP contribution >= 0.6 is 0 Å². The Morgan fingerprint density at radius 2 is 0.793 bits per heavy atom. The quantitative estimate of drug-likeness (QED) is 0.425. The largest absolute Gasteiger partial charge is 0.306 e. The molecule has 6 N–H and O–H groups in total. The van der Waals surface area contributed by atoms with E-state index < -0.39 is 5.66 Å². The highest BCUT2D eigenvalue weighted by atomic mass is 16.2. The zero-order valence-corrected chi connectivity index (χ0v) is 15.4. The van der Waals surface area contributed by atoms with Gasteiger partial charge in [0.25, 0.3) is 23.6 Å². The summed E-state index contributed by atoms with van der Waals surface area (Å²) in [6, 6.07) is 19.4. The summed E-state index contributed by atoms with van der Waals surface area (Å²) >= 11 is 0. The van der Waals surface area contributed by atoms with E-state index in [4.69, 9.17) is 11.5 Å². The molecule has 8 nitrogen and oxygen atoms in total. The van der Waals surface area contributed by atoms with E-state index in [0.717, 1.165) is 11.1 Å². The minimum absolute atomic E-state index is 0.329. The molecule has 2 aliphatic heterocycles. The van der Waals surface area contributed by atoms with Gasteiger partial charge in [0.05, 0.1) is 0 Å². The molecule has 2 heterocycles. The van der Waals surface area contributed by atoms with Crippen LogP contribution in [0.2, 0.25) is 0 Å². The van der Waals surface area contributed by atoms with Crippen molar-refractivity contribution in [2.24, 2.45) is 11.5 Å². The average Bonchev–Trinajstić information content (AvgIpc) is 3.30. The second-order valence-corrected chi connectivity index (χ2v) is 5.97. The molecule has 8 heteroatoms. The molecule has 0 unspecified atom stereocenters. The standard InChI is InChI=1S/C13H14N2.2C4H3NO2/c14-13(15,11-7-3-1-4-8-11)12-9-5-2-6-10-12;2*6-3-1-2-4(7)5-3/h1-10H,14-15H2;2*1-2H,(H,5,6,7). The first-order chi connectivity index (χ1) is 13.8. The van der Waals surface area contributed by atoms with Crippen LogP contribution in [0.1, 0.15) is 11.1 Å². The fourth-order valence-corrected chi connectivity index (χ4v) is 2.31. The summed E-state index contributed by atoms with van der Waals surface area (Å²) in [6.07, 6.45) is 4.79. The van der Waals surface area contributed by atoms with E-state index in [2.05, 4.69) is 0 Å². The number of imide groups is 2. The number of amides is 4. The van der Waals surface area contributed by atoms with Gasteiger partial charge in [-0.1, -0.05) is 60.7 Å². The minimum atomic E-state index is -0.914. The SMILES string of the molecule is NC(N)(c1ccccc1)c1ccccc1.O=C1C=CC(=O)N1.O=C1C=CC(=O)N1. The Bertz CT molecular complexity index is 842. The Balaban J connectivity index is 0.000000178. The lowest BCUT2D eigenvalue weighted by Gasteiger charge is -2.25. The van der Waals surface area contributed by atoms with Crippen LogP contribution in [0.5, 0.6) is 0 Å². The van der Waals surface area contributed by atoms with Crippen LogP contribution in [0.3, 0.4) is 0 Å². The number of hydrogen-bond donors (Lipinski definition) is 4. The van der Waals surface area contributed by atoms with Gasteiger partial charge in [-0.25, -0.2) is 0 Å². The summed E-state index contributed by atoms with van der Waals surface area (Å²) in [5.74, 6) is -1.31. The van der Waals surface area contributed by atoms with Crippen LogP contribution in [0, 0.1) is 0 Å². The second-order valence-electron chi connectivity index (χ2n) is 5.97. The molecule has 0 saturated carbocycles. The van der Waals surface area contributed by atoms with Gasteiger partial charge in [0.15, 0.2) is 0 Å². The van der Waals surface area contributed by atoms with Crippen LogP contribution in [-0.2, 0) is 24.8 Å². The fourth-order valence-electron chi connectivity index (χ4n) is 2.31. The van der Waals surface area contributed by atoms with E-state index in [1.54, 1.807) is 0 Å². The molecule has 2 aliphatic rings. The predicted molar refractivity (Wildman–Crippen MR) is 107 cm³/mol. The highest BCUT2D eigenvalue weighted by Crippen LogP contribution is 2.20. The van der Waals surface area contributed by atoms with Gasteiger partial charge in [-0.3, -0.25) is 29.8 Å². The van der Waals surface area contributed by atoms with Crippen molar-refractivity contribution in [2.75, 3.05) is 0 Å². The lowest BCUT2D eigenvalue weighted by molar-refractivity contribution is -0.125. The zero-order chi connectivity index (χ0) is 21.3. The summed E-state index contributed by atoms with van der Waals surface area (Å²) in [6.45, 7) is 0. The van der Waals surface area contributed by atoms with Crippen LogP contribution in [-0.4, -0.2) is 23.6 Å². The summed E-state index contributed by atoms with van der Waals surface area (Å²) in [7, 11) is 0. The molecule has 0 spiro atoms. The Morgan fingerprint density at radius 3 is 1.00 bits per heavy atom. The topological polar surface area (TPSA) is 144 Å².